The summed E-state index contributed by atoms with van der Waals surface area (Å²) in [7, 11) is 0. The van der Waals surface area contributed by atoms with E-state index in [1.165, 1.54) is 0 Å². The molecule has 3 N–H and O–H groups in total. The molecule has 158 valence electrons. The topological polar surface area (TPSA) is 69.6 Å². The highest BCUT2D eigenvalue weighted by Crippen LogP contribution is 2.41. The number of para-hydroxylation sites is 1. The highest BCUT2D eigenvalue weighted by atomic mass is 35.5. The molecule has 6 heteroatoms. The highest BCUT2D eigenvalue weighted by Gasteiger charge is 2.41. The van der Waals surface area contributed by atoms with Gasteiger partial charge in [0.2, 0.25) is 4.93 Å². The molecule has 0 aromatic heterocycles. The molecule has 0 fully saturated rings. The quantitative estimate of drug-likeness (QED) is 0.293. The van der Waals surface area contributed by atoms with E-state index in [9.17, 15) is 15.0 Å². The lowest BCUT2D eigenvalue weighted by molar-refractivity contribution is -0.150. The van der Waals surface area contributed by atoms with Gasteiger partial charge < -0.3 is 15.5 Å². The molecule has 0 aliphatic heterocycles. The number of carbonyl (C=O) groups is 1. The molecule has 0 amide bonds. The lowest BCUT2D eigenvalue weighted by Crippen LogP contribution is -2.34. The number of carboxylic acid groups (broad SMARTS) is 1. The molecule has 4 nitrogen and oxygen atoms in total. The van der Waals surface area contributed by atoms with Crippen LogP contribution in [0.15, 0.2) is 66.7 Å². The van der Waals surface area contributed by atoms with Crippen molar-refractivity contribution in [2.45, 2.75) is 24.5 Å². The maximum atomic E-state index is 12.2. The summed E-state index contributed by atoms with van der Waals surface area (Å²) in [4.78, 5) is 10.1. The molecule has 3 rings (SSSR count). The SMILES string of the molecule is CC(C)(CCl)CNc1ccccc1C(O)(SCc1cccc2ccccc12)C(=O)O. The Kier molecular flexibility index (Phi) is 6.96. The molecule has 3 aromatic rings. The second-order valence-electron chi connectivity index (χ2n) is 8.07. The minimum Gasteiger partial charge on any atom is -0.478 e. The van der Waals surface area contributed by atoms with Gasteiger partial charge in [0, 0.05) is 29.4 Å². The lowest BCUT2D eigenvalue weighted by atomic mass is 9.96. The van der Waals surface area contributed by atoms with Crippen molar-refractivity contribution in [3.8, 4) is 0 Å². The van der Waals surface area contributed by atoms with Crippen LogP contribution in [0.4, 0.5) is 5.69 Å². The van der Waals surface area contributed by atoms with Gasteiger partial charge in [0.1, 0.15) is 0 Å². The molecule has 0 heterocycles. The minimum atomic E-state index is -2.09. The van der Waals surface area contributed by atoms with E-state index < -0.39 is 10.9 Å². The van der Waals surface area contributed by atoms with Crippen LogP contribution in [0.1, 0.15) is 25.0 Å². The maximum Gasteiger partial charge on any atom is 0.351 e. The number of thioether (sulfide) groups is 1. The Morgan fingerprint density at radius 3 is 2.43 bits per heavy atom. The second kappa shape index (κ2) is 9.29. The van der Waals surface area contributed by atoms with Crippen molar-refractivity contribution in [3.05, 3.63) is 77.9 Å². The van der Waals surface area contributed by atoms with E-state index in [-0.39, 0.29) is 5.41 Å². The largest absolute Gasteiger partial charge is 0.478 e. The molecule has 30 heavy (non-hydrogen) atoms. The molecule has 1 atom stereocenters. The summed E-state index contributed by atoms with van der Waals surface area (Å²) < 4.78 is 0. The number of rotatable bonds is 9. The molecular formula is C24H26ClNO3S. The monoisotopic (exact) mass is 443 g/mol. The fraction of sp³-hybridized carbons (Fsp3) is 0.292. The molecule has 0 aliphatic rings. The van der Waals surface area contributed by atoms with Gasteiger partial charge in [-0.1, -0.05) is 74.5 Å². The number of hydrogen-bond donors (Lipinski definition) is 3. The summed E-state index contributed by atoms with van der Waals surface area (Å²) >= 11 is 7.01. The van der Waals surface area contributed by atoms with Gasteiger partial charge in [-0.3, -0.25) is 0 Å². The summed E-state index contributed by atoms with van der Waals surface area (Å²) in [5, 5.41) is 26.6. The molecule has 1 unspecified atom stereocenters. The van der Waals surface area contributed by atoms with E-state index in [0.717, 1.165) is 28.1 Å². The zero-order valence-corrected chi connectivity index (χ0v) is 18.6. The van der Waals surface area contributed by atoms with E-state index in [2.05, 4.69) is 5.32 Å². The first-order valence-corrected chi connectivity index (χ1v) is 11.2. The van der Waals surface area contributed by atoms with Crippen LogP contribution in [-0.4, -0.2) is 28.6 Å². The zero-order valence-electron chi connectivity index (χ0n) is 17.1. The third-order valence-corrected chi connectivity index (χ3v) is 7.01. The molecule has 0 saturated carbocycles. The number of fused-ring (bicyclic) bond motifs is 1. The van der Waals surface area contributed by atoms with Gasteiger partial charge in [0.25, 0.3) is 0 Å². The Labute approximate surface area is 186 Å². The van der Waals surface area contributed by atoms with Crippen LogP contribution in [0.3, 0.4) is 0 Å². The predicted octanol–water partition coefficient (Wildman–Crippen LogP) is 5.68. The molecule has 0 spiro atoms. The normalized spacial score (nSPS) is 13.7. The van der Waals surface area contributed by atoms with E-state index in [1.54, 1.807) is 18.2 Å². The van der Waals surface area contributed by atoms with Crippen molar-refractivity contribution < 1.29 is 15.0 Å². The Morgan fingerprint density at radius 2 is 1.70 bits per heavy atom. The van der Waals surface area contributed by atoms with Crippen LogP contribution in [0.25, 0.3) is 10.8 Å². The Morgan fingerprint density at radius 1 is 1.03 bits per heavy atom. The highest BCUT2D eigenvalue weighted by molar-refractivity contribution is 8.00. The van der Waals surface area contributed by atoms with Gasteiger partial charge in [0.15, 0.2) is 0 Å². The molecule has 0 bridgehead atoms. The van der Waals surface area contributed by atoms with Crippen LogP contribution < -0.4 is 5.32 Å². The fourth-order valence-electron chi connectivity index (χ4n) is 3.17. The molecule has 0 aliphatic carbocycles. The number of alkyl halides is 1. The van der Waals surface area contributed by atoms with Gasteiger partial charge in [-0.2, -0.15) is 0 Å². The number of hydrogen-bond acceptors (Lipinski definition) is 4. The minimum absolute atomic E-state index is 0.175. The van der Waals surface area contributed by atoms with E-state index in [1.807, 2.05) is 62.4 Å². The maximum absolute atomic E-state index is 12.2. The van der Waals surface area contributed by atoms with Crippen molar-refractivity contribution >= 4 is 45.8 Å². The molecule has 0 radical (unpaired) electrons. The van der Waals surface area contributed by atoms with Gasteiger partial charge in [0.05, 0.1) is 0 Å². The smallest absolute Gasteiger partial charge is 0.351 e. The van der Waals surface area contributed by atoms with Crippen molar-refractivity contribution in [2.75, 3.05) is 17.7 Å². The molecule has 0 saturated heterocycles. The first kappa shape index (κ1) is 22.5. The number of aliphatic carboxylic acids is 1. The summed E-state index contributed by atoms with van der Waals surface area (Å²) in [5.41, 5.74) is 1.72. The Bertz CT molecular complexity index is 1030. The summed E-state index contributed by atoms with van der Waals surface area (Å²) in [6.07, 6.45) is 0. The van der Waals surface area contributed by atoms with E-state index >= 15 is 0 Å². The number of aliphatic hydroxyl groups is 1. The van der Waals surface area contributed by atoms with Gasteiger partial charge in [-0.05, 0) is 27.8 Å². The summed E-state index contributed by atoms with van der Waals surface area (Å²) in [6, 6.07) is 20.9. The lowest BCUT2D eigenvalue weighted by Gasteiger charge is -2.28. The van der Waals surface area contributed by atoms with Crippen molar-refractivity contribution in [1.82, 2.24) is 0 Å². The van der Waals surface area contributed by atoms with Crippen LogP contribution in [0, 0.1) is 5.41 Å². The van der Waals surface area contributed by atoms with E-state index in [4.69, 9.17) is 11.6 Å². The van der Waals surface area contributed by atoms with Crippen molar-refractivity contribution in [3.63, 3.8) is 0 Å². The van der Waals surface area contributed by atoms with Crippen LogP contribution >= 0.6 is 23.4 Å². The zero-order chi connectivity index (χ0) is 21.8. The molecule has 3 aromatic carbocycles. The van der Waals surface area contributed by atoms with E-state index in [0.29, 0.717) is 29.4 Å². The van der Waals surface area contributed by atoms with Crippen molar-refractivity contribution in [2.24, 2.45) is 5.41 Å². The standard InChI is InChI=1S/C24H26ClNO3S/c1-23(2,15-25)16-26-21-13-6-5-12-20(21)24(29,22(27)28)30-14-18-10-7-9-17-8-3-4-11-19(17)18/h3-13,26,29H,14-16H2,1-2H3,(H,27,28). The van der Waals surface area contributed by atoms with Crippen LogP contribution in [-0.2, 0) is 15.5 Å². The van der Waals surface area contributed by atoms with Gasteiger partial charge in [-0.15, -0.1) is 23.4 Å². The first-order valence-electron chi connectivity index (χ1n) is 9.72. The van der Waals surface area contributed by atoms with Crippen LogP contribution in [0.2, 0.25) is 0 Å². The summed E-state index contributed by atoms with van der Waals surface area (Å²) in [5.74, 6) is -0.481. The van der Waals surface area contributed by atoms with Crippen LogP contribution in [0.5, 0.6) is 0 Å². The number of carboxylic acids is 1. The number of nitrogens with one attached hydrogen (secondary N) is 1. The average molecular weight is 444 g/mol. The fourth-order valence-corrected chi connectivity index (χ4v) is 4.34. The third kappa shape index (κ3) is 4.91. The predicted molar refractivity (Wildman–Crippen MR) is 126 cm³/mol. The number of anilines is 1. The Hall–Kier alpha value is -2.21. The number of benzene rings is 3. The Balaban J connectivity index is 1.90. The number of halogens is 1. The van der Waals surface area contributed by atoms with Gasteiger partial charge >= 0.3 is 5.97 Å². The van der Waals surface area contributed by atoms with Gasteiger partial charge in [-0.25, -0.2) is 4.79 Å². The molecular weight excluding hydrogens is 418 g/mol. The van der Waals surface area contributed by atoms with Crippen molar-refractivity contribution in [1.29, 1.82) is 0 Å². The second-order valence-corrected chi connectivity index (χ2v) is 9.51. The summed E-state index contributed by atoms with van der Waals surface area (Å²) in [6.45, 7) is 4.60. The third-order valence-electron chi connectivity index (χ3n) is 5.02. The average Bonchev–Trinajstić information content (AvgIpc) is 2.76. The first-order chi connectivity index (χ1) is 14.3.